The molecule has 0 fully saturated rings. The Kier molecular flexibility index (Phi) is 3.84. The van der Waals surface area contributed by atoms with Gasteiger partial charge in [0.05, 0.1) is 22.8 Å². The third-order valence-electron chi connectivity index (χ3n) is 4.42. The maximum absolute atomic E-state index is 6.31. The summed E-state index contributed by atoms with van der Waals surface area (Å²) in [6.07, 6.45) is 3.66. The third kappa shape index (κ3) is 2.78. The average Bonchev–Trinajstić information content (AvgIpc) is 3.17. The van der Waals surface area contributed by atoms with E-state index in [0.717, 1.165) is 33.7 Å². The lowest BCUT2D eigenvalue weighted by atomic mass is 10.1. The van der Waals surface area contributed by atoms with Crippen molar-refractivity contribution >= 4 is 22.8 Å². The van der Waals surface area contributed by atoms with Crippen molar-refractivity contribution in [1.29, 1.82) is 0 Å². The number of hydrogen-bond donors (Lipinski definition) is 1. The molecule has 5 nitrogen and oxygen atoms in total. The molecule has 4 rings (SSSR count). The van der Waals surface area contributed by atoms with Gasteiger partial charge in [0.2, 0.25) is 0 Å². The van der Waals surface area contributed by atoms with Gasteiger partial charge in [-0.1, -0.05) is 29.8 Å². The molecule has 4 aromatic rings. The molecule has 0 atom stereocenters. The van der Waals surface area contributed by atoms with Gasteiger partial charge in [0.15, 0.2) is 5.65 Å². The highest BCUT2D eigenvalue weighted by molar-refractivity contribution is 6.33. The molecule has 0 aliphatic heterocycles. The van der Waals surface area contributed by atoms with Crippen LogP contribution in [0, 0.1) is 6.92 Å². The van der Waals surface area contributed by atoms with Gasteiger partial charge in [-0.2, -0.15) is 5.10 Å². The van der Waals surface area contributed by atoms with E-state index in [0.29, 0.717) is 10.7 Å². The maximum atomic E-state index is 6.31. The summed E-state index contributed by atoms with van der Waals surface area (Å²) >= 11 is 6.31. The van der Waals surface area contributed by atoms with E-state index in [-0.39, 0.29) is 5.54 Å². The van der Waals surface area contributed by atoms with Crippen molar-refractivity contribution in [3.05, 3.63) is 53.4 Å². The molecule has 1 aromatic carbocycles. The summed E-state index contributed by atoms with van der Waals surface area (Å²) in [7, 11) is 0. The predicted molar refractivity (Wildman–Crippen MR) is 105 cm³/mol. The van der Waals surface area contributed by atoms with E-state index in [1.54, 1.807) is 6.20 Å². The van der Waals surface area contributed by atoms with Crippen LogP contribution in [0.2, 0.25) is 5.02 Å². The van der Waals surface area contributed by atoms with Gasteiger partial charge in [0.25, 0.3) is 0 Å². The predicted octanol–water partition coefficient (Wildman–Crippen LogP) is 5.21. The number of rotatable bonds is 2. The molecule has 0 saturated heterocycles. The van der Waals surface area contributed by atoms with Crippen molar-refractivity contribution in [2.24, 2.45) is 0 Å². The molecule has 0 aliphatic carbocycles. The van der Waals surface area contributed by atoms with Gasteiger partial charge in [-0.3, -0.25) is 4.68 Å². The van der Waals surface area contributed by atoms with E-state index in [9.17, 15) is 0 Å². The minimum Gasteiger partial charge on any atom is -0.336 e. The largest absolute Gasteiger partial charge is 0.336 e. The van der Waals surface area contributed by atoms with Crippen molar-refractivity contribution in [1.82, 2.24) is 24.7 Å². The van der Waals surface area contributed by atoms with Crippen LogP contribution in [0.4, 0.5) is 0 Å². The molecule has 132 valence electrons. The summed E-state index contributed by atoms with van der Waals surface area (Å²) in [4.78, 5) is 12.5. The van der Waals surface area contributed by atoms with Crippen molar-refractivity contribution in [3.63, 3.8) is 0 Å². The molecule has 0 spiro atoms. The van der Waals surface area contributed by atoms with Crippen molar-refractivity contribution in [2.75, 3.05) is 0 Å². The van der Waals surface area contributed by atoms with Crippen LogP contribution in [-0.2, 0) is 5.54 Å². The summed E-state index contributed by atoms with van der Waals surface area (Å²) < 4.78 is 2.01. The lowest BCUT2D eigenvalue weighted by Gasteiger charge is -2.21. The highest BCUT2D eigenvalue weighted by atomic mass is 35.5. The molecule has 6 heteroatoms. The Morgan fingerprint density at radius 1 is 1.08 bits per heavy atom. The fourth-order valence-electron chi connectivity index (χ4n) is 3.19. The van der Waals surface area contributed by atoms with E-state index in [4.69, 9.17) is 11.6 Å². The lowest BCUT2D eigenvalue weighted by Crippen LogP contribution is -2.24. The van der Waals surface area contributed by atoms with Crippen LogP contribution in [0.1, 0.15) is 26.5 Å². The molecule has 0 radical (unpaired) electrons. The number of aromatic nitrogens is 5. The molecule has 0 saturated carbocycles. The smallest absolute Gasteiger partial charge is 0.178 e. The van der Waals surface area contributed by atoms with E-state index >= 15 is 0 Å². The first-order chi connectivity index (χ1) is 12.3. The Morgan fingerprint density at radius 3 is 2.54 bits per heavy atom. The molecule has 0 unspecified atom stereocenters. The van der Waals surface area contributed by atoms with Crippen molar-refractivity contribution in [3.8, 4) is 22.5 Å². The van der Waals surface area contributed by atoms with E-state index in [1.807, 2.05) is 41.2 Å². The Balaban J connectivity index is 1.80. The summed E-state index contributed by atoms with van der Waals surface area (Å²) in [5, 5.41) is 5.23. The molecule has 0 aliphatic rings. The minimum atomic E-state index is -0.0795. The van der Waals surface area contributed by atoms with Gasteiger partial charge >= 0.3 is 0 Å². The van der Waals surface area contributed by atoms with Crippen LogP contribution < -0.4 is 0 Å². The molecule has 1 N–H and O–H groups in total. The third-order valence-corrected chi connectivity index (χ3v) is 4.75. The van der Waals surface area contributed by atoms with Gasteiger partial charge in [0.1, 0.15) is 5.82 Å². The number of imidazole rings is 1. The highest BCUT2D eigenvalue weighted by Gasteiger charge is 2.20. The maximum Gasteiger partial charge on any atom is 0.178 e. The lowest BCUT2D eigenvalue weighted by molar-refractivity contribution is 0.348. The van der Waals surface area contributed by atoms with Crippen LogP contribution in [0.5, 0.6) is 0 Å². The fourth-order valence-corrected chi connectivity index (χ4v) is 3.43. The number of H-pyrrole nitrogens is 1. The summed E-state index contributed by atoms with van der Waals surface area (Å²) in [6, 6.07) is 9.78. The van der Waals surface area contributed by atoms with Gasteiger partial charge in [-0.15, -0.1) is 0 Å². The Labute approximate surface area is 157 Å². The van der Waals surface area contributed by atoms with E-state index < -0.39 is 0 Å². The summed E-state index contributed by atoms with van der Waals surface area (Å²) in [6.45, 7) is 8.45. The quantitative estimate of drug-likeness (QED) is 0.530. The van der Waals surface area contributed by atoms with Gasteiger partial charge in [-0.25, -0.2) is 9.97 Å². The van der Waals surface area contributed by atoms with E-state index in [1.165, 1.54) is 0 Å². The van der Waals surface area contributed by atoms with Crippen LogP contribution in [0.25, 0.3) is 33.7 Å². The molecule has 0 amide bonds. The zero-order valence-electron chi connectivity index (χ0n) is 15.2. The van der Waals surface area contributed by atoms with Crippen LogP contribution in [0.3, 0.4) is 0 Å². The second-order valence-corrected chi connectivity index (χ2v) is 7.79. The number of nitrogens with one attached hydrogen (secondary N) is 1. The second-order valence-electron chi connectivity index (χ2n) is 7.39. The Hall–Kier alpha value is -2.66. The Bertz CT molecular complexity index is 1100. The number of halogens is 1. The first-order valence-electron chi connectivity index (χ1n) is 8.51. The number of hydrogen-bond acceptors (Lipinski definition) is 3. The number of benzene rings is 1. The zero-order chi connectivity index (χ0) is 18.5. The number of pyridine rings is 1. The molecule has 3 heterocycles. The number of fused-ring (bicyclic) bond motifs is 1. The second kappa shape index (κ2) is 5.95. The molecule has 3 aromatic heterocycles. The SMILES string of the molecule is Cc1c(-c2nc3ncc(-c4ccccc4Cl)cc3[nH]2)cnn1C(C)(C)C. The minimum absolute atomic E-state index is 0.0795. The van der Waals surface area contributed by atoms with Gasteiger partial charge < -0.3 is 4.98 Å². The topological polar surface area (TPSA) is 59.4 Å². The van der Waals surface area contributed by atoms with Gasteiger partial charge in [-0.05, 0) is 39.8 Å². The first kappa shape index (κ1) is 16.8. The number of aromatic amines is 1. The fraction of sp³-hybridized carbons (Fsp3) is 0.250. The van der Waals surface area contributed by atoms with Crippen LogP contribution in [-0.4, -0.2) is 24.7 Å². The standard InChI is InChI=1S/C20H20ClN5/c1-12-15(11-23-26(12)20(2,3)4)18-24-17-9-13(10-22-19(17)25-18)14-7-5-6-8-16(14)21/h5-11H,1-4H3,(H,22,24,25). The number of nitrogens with zero attached hydrogens (tertiary/aromatic N) is 4. The molecule has 26 heavy (non-hydrogen) atoms. The zero-order valence-corrected chi connectivity index (χ0v) is 16.0. The molecular formula is C20H20ClN5. The highest BCUT2D eigenvalue weighted by Crippen LogP contribution is 2.30. The van der Waals surface area contributed by atoms with Gasteiger partial charge in [0, 0.05) is 28.0 Å². The molecular weight excluding hydrogens is 346 g/mol. The monoisotopic (exact) mass is 365 g/mol. The first-order valence-corrected chi connectivity index (χ1v) is 8.88. The average molecular weight is 366 g/mol. The summed E-state index contributed by atoms with van der Waals surface area (Å²) in [5.74, 6) is 0.775. The van der Waals surface area contributed by atoms with Crippen molar-refractivity contribution < 1.29 is 0 Å². The van der Waals surface area contributed by atoms with Crippen molar-refractivity contribution in [2.45, 2.75) is 33.2 Å². The van der Waals surface area contributed by atoms with Crippen LogP contribution in [0.15, 0.2) is 42.7 Å². The van der Waals surface area contributed by atoms with Crippen LogP contribution >= 0.6 is 11.6 Å². The van der Waals surface area contributed by atoms with E-state index in [2.05, 4.69) is 47.7 Å². The molecule has 0 bridgehead atoms. The normalized spacial score (nSPS) is 12.0. The Morgan fingerprint density at radius 2 is 1.85 bits per heavy atom. The summed E-state index contributed by atoms with van der Waals surface area (Å²) in [5.41, 5.74) is 5.44.